The number of ether oxygens (including phenoxy) is 1. The lowest BCUT2D eigenvalue weighted by Crippen LogP contribution is -2.02. The maximum absolute atomic E-state index is 10.8. The van der Waals surface area contributed by atoms with Crippen molar-refractivity contribution < 1.29 is 9.53 Å². The number of hydrogen-bond donors (Lipinski definition) is 2. The minimum Gasteiger partial charge on any atom is -0.464 e. The molecule has 0 aromatic carbocycles. The van der Waals surface area contributed by atoms with Crippen molar-refractivity contribution in [3.8, 4) is 0 Å². The third kappa shape index (κ3) is 1.43. The maximum atomic E-state index is 10.8. The van der Waals surface area contributed by atoms with E-state index in [1.165, 1.54) is 7.11 Å². The van der Waals surface area contributed by atoms with Gasteiger partial charge in [-0.3, -0.25) is 0 Å². The lowest BCUT2D eigenvalue weighted by molar-refractivity contribution is 0.0595. The van der Waals surface area contributed by atoms with Crippen LogP contribution < -0.4 is 5.73 Å². The van der Waals surface area contributed by atoms with Crippen LogP contribution in [0.3, 0.4) is 0 Å². The number of nitrogen functional groups attached to an aromatic ring is 1. The summed E-state index contributed by atoms with van der Waals surface area (Å²) in [6.45, 7) is 0. The Kier molecular flexibility index (Phi) is 2.00. The Hall–Kier alpha value is -1.23. The third-order valence-electron chi connectivity index (χ3n) is 1.06. The number of carbonyl (C=O) groups excluding carboxylic acids is 1. The summed E-state index contributed by atoms with van der Waals surface area (Å²) >= 11 is 5.52. The van der Waals surface area contributed by atoms with Gasteiger partial charge >= 0.3 is 5.97 Å². The number of esters is 1. The van der Waals surface area contributed by atoms with Crippen LogP contribution in [-0.4, -0.2) is 23.0 Å². The van der Waals surface area contributed by atoms with Gasteiger partial charge < -0.3 is 15.5 Å². The summed E-state index contributed by atoms with van der Waals surface area (Å²) in [5.41, 5.74) is 5.22. The van der Waals surface area contributed by atoms with Crippen molar-refractivity contribution in [2.24, 2.45) is 0 Å². The van der Waals surface area contributed by atoms with Gasteiger partial charge in [-0.25, -0.2) is 9.78 Å². The number of nitrogens with two attached hydrogens (primary N) is 1. The molecule has 1 aromatic rings. The lowest BCUT2D eigenvalue weighted by Gasteiger charge is -1.91. The van der Waals surface area contributed by atoms with Crippen LogP contribution in [0.2, 0.25) is 5.15 Å². The highest BCUT2D eigenvalue weighted by molar-refractivity contribution is 6.32. The molecule has 0 spiro atoms. The molecule has 0 saturated carbocycles. The van der Waals surface area contributed by atoms with E-state index in [-0.39, 0.29) is 16.8 Å². The quantitative estimate of drug-likeness (QED) is 0.607. The molecule has 0 aliphatic rings. The molecule has 0 amide bonds. The fraction of sp³-hybridized carbons (Fsp3) is 0.200. The van der Waals surface area contributed by atoms with Crippen molar-refractivity contribution in [2.75, 3.05) is 12.8 Å². The van der Waals surface area contributed by atoms with Crippen LogP contribution in [0.4, 0.5) is 5.95 Å². The Balaban J connectivity index is 3.03. The van der Waals surface area contributed by atoms with Gasteiger partial charge in [-0.2, -0.15) is 0 Å². The summed E-state index contributed by atoms with van der Waals surface area (Å²) in [6, 6.07) is 0. The number of anilines is 1. The van der Waals surface area contributed by atoms with E-state index in [0.29, 0.717) is 0 Å². The molecule has 5 nitrogen and oxygen atoms in total. The first-order valence-corrected chi connectivity index (χ1v) is 3.12. The number of rotatable bonds is 1. The summed E-state index contributed by atoms with van der Waals surface area (Å²) in [5.74, 6) is -0.515. The molecule has 0 aliphatic carbocycles. The smallest absolute Gasteiger partial charge is 0.359 e. The molecule has 60 valence electrons. The second-order valence-electron chi connectivity index (χ2n) is 1.78. The molecule has 1 aromatic heterocycles. The molecule has 0 bridgehead atoms. The molecular weight excluding hydrogens is 170 g/mol. The number of aromatic nitrogens is 2. The zero-order valence-corrected chi connectivity index (χ0v) is 6.47. The number of nitrogens with zero attached hydrogens (tertiary/aromatic N) is 1. The van der Waals surface area contributed by atoms with Gasteiger partial charge in [-0.15, -0.1) is 0 Å². The predicted molar refractivity (Wildman–Crippen MR) is 39.3 cm³/mol. The Morgan fingerprint density at radius 1 is 1.82 bits per heavy atom. The zero-order valence-electron chi connectivity index (χ0n) is 5.72. The average Bonchev–Trinajstić information content (AvgIpc) is 2.28. The number of imidazole rings is 1. The van der Waals surface area contributed by atoms with Gasteiger partial charge in [-0.05, 0) is 0 Å². The second kappa shape index (κ2) is 2.79. The molecule has 3 N–H and O–H groups in total. The Labute approximate surface area is 67.5 Å². The largest absolute Gasteiger partial charge is 0.464 e. The molecule has 1 heterocycles. The van der Waals surface area contributed by atoms with E-state index in [9.17, 15) is 4.79 Å². The van der Waals surface area contributed by atoms with Crippen LogP contribution >= 0.6 is 11.6 Å². The topological polar surface area (TPSA) is 81.0 Å². The summed E-state index contributed by atoms with van der Waals surface area (Å²) in [5, 5.41) is 0.0920. The molecular formula is C5H6ClN3O2. The number of nitrogens with one attached hydrogen (secondary N) is 1. The predicted octanol–water partition coefficient (Wildman–Crippen LogP) is 0.432. The molecule has 0 fully saturated rings. The minimum absolute atomic E-state index is 0.00617. The average molecular weight is 176 g/mol. The van der Waals surface area contributed by atoms with Gasteiger partial charge in [0, 0.05) is 0 Å². The van der Waals surface area contributed by atoms with Crippen LogP contribution in [0, 0.1) is 0 Å². The zero-order chi connectivity index (χ0) is 8.43. The third-order valence-corrected chi connectivity index (χ3v) is 1.33. The summed E-state index contributed by atoms with van der Waals surface area (Å²) in [6.07, 6.45) is 0. The summed E-state index contributed by atoms with van der Waals surface area (Å²) in [4.78, 5) is 16.9. The van der Waals surface area contributed by atoms with Crippen LogP contribution in [-0.2, 0) is 4.74 Å². The fourth-order valence-electron chi connectivity index (χ4n) is 0.601. The maximum Gasteiger partial charge on any atom is 0.359 e. The van der Waals surface area contributed by atoms with Crippen LogP contribution in [0.25, 0.3) is 0 Å². The SMILES string of the molecule is COC(=O)c1nc(N)[nH]c1Cl. The highest BCUT2D eigenvalue weighted by Gasteiger charge is 2.14. The van der Waals surface area contributed by atoms with Crippen molar-refractivity contribution in [1.29, 1.82) is 0 Å². The van der Waals surface area contributed by atoms with E-state index in [0.717, 1.165) is 0 Å². The first-order chi connectivity index (χ1) is 5.15. The van der Waals surface area contributed by atoms with E-state index < -0.39 is 5.97 Å². The number of H-pyrrole nitrogens is 1. The Morgan fingerprint density at radius 3 is 2.82 bits per heavy atom. The van der Waals surface area contributed by atoms with E-state index in [4.69, 9.17) is 17.3 Å². The summed E-state index contributed by atoms with van der Waals surface area (Å²) < 4.78 is 4.37. The van der Waals surface area contributed by atoms with E-state index in [2.05, 4.69) is 14.7 Å². The molecule has 0 saturated heterocycles. The van der Waals surface area contributed by atoms with Crippen molar-refractivity contribution >= 4 is 23.5 Å². The Morgan fingerprint density at radius 2 is 2.45 bits per heavy atom. The normalized spacial score (nSPS) is 9.64. The lowest BCUT2D eigenvalue weighted by atomic mass is 10.5. The first-order valence-electron chi connectivity index (χ1n) is 2.74. The van der Waals surface area contributed by atoms with Crippen molar-refractivity contribution in [1.82, 2.24) is 9.97 Å². The monoisotopic (exact) mass is 175 g/mol. The van der Waals surface area contributed by atoms with E-state index in [1.54, 1.807) is 0 Å². The van der Waals surface area contributed by atoms with E-state index >= 15 is 0 Å². The van der Waals surface area contributed by atoms with Crippen LogP contribution in [0.5, 0.6) is 0 Å². The molecule has 0 atom stereocenters. The van der Waals surface area contributed by atoms with Gasteiger partial charge in [0.05, 0.1) is 7.11 Å². The minimum atomic E-state index is -0.608. The number of methoxy groups -OCH3 is 1. The number of halogens is 1. The highest BCUT2D eigenvalue weighted by atomic mass is 35.5. The molecule has 0 radical (unpaired) electrons. The molecule has 0 unspecified atom stereocenters. The molecule has 0 aliphatic heterocycles. The highest BCUT2D eigenvalue weighted by Crippen LogP contribution is 2.13. The van der Waals surface area contributed by atoms with Gasteiger partial charge in [0.2, 0.25) is 0 Å². The number of aromatic amines is 1. The standard InChI is InChI=1S/C5H6ClN3O2/c1-11-4(10)2-3(6)9-5(7)8-2/h1H3,(H3,7,8,9). The number of hydrogen-bond acceptors (Lipinski definition) is 4. The number of carbonyl (C=O) groups is 1. The fourth-order valence-corrected chi connectivity index (χ4v) is 0.817. The van der Waals surface area contributed by atoms with Gasteiger partial charge in [0.25, 0.3) is 0 Å². The van der Waals surface area contributed by atoms with Gasteiger partial charge in [0.15, 0.2) is 11.6 Å². The molecule has 6 heteroatoms. The van der Waals surface area contributed by atoms with Gasteiger partial charge in [0.1, 0.15) is 5.15 Å². The Bertz CT molecular complexity index is 283. The van der Waals surface area contributed by atoms with E-state index in [1.807, 2.05) is 0 Å². The van der Waals surface area contributed by atoms with Crippen molar-refractivity contribution in [3.05, 3.63) is 10.8 Å². The summed E-state index contributed by atoms with van der Waals surface area (Å²) in [7, 11) is 1.24. The van der Waals surface area contributed by atoms with Gasteiger partial charge in [-0.1, -0.05) is 11.6 Å². The van der Waals surface area contributed by atoms with Crippen molar-refractivity contribution in [3.63, 3.8) is 0 Å². The van der Waals surface area contributed by atoms with Crippen LogP contribution in [0.15, 0.2) is 0 Å². The second-order valence-corrected chi connectivity index (χ2v) is 2.15. The first kappa shape index (κ1) is 7.87. The molecule has 11 heavy (non-hydrogen) atoms. The van der Waals surface area contributed by atoms with Crippen molar-refractivity contribution in [2.45, 2.75) is 0 Å². The molecule has 1 rings (SSSR count). The van der Waals surface area contributed by atoms with Crippen LogP contribution in [0.1, 0.15) is 10.5 Å².